The summed E-state index contributed by atoms with van der Waals surface area (Å²) in [6.07, 6.45) is 0.121. The lowest BCUT2D eigenvalue weighted by molar-refractivity contribution is 0.244. The smallest absolute Gasteiger partial charge is 0.144 e. The molecular formula is C16H29N3O. The Kier molecular flexibility index (Phi) is 6.14. The number of nitrogen functional groups attached to an aromatic ring is 1. The molecule has 4 nitrogen and oxygen atoms in total. The van der Waals surface area contributed by atoms with Crippen molar-refractivity contribution in [3.8, 4) is 5.75 Å². The van der Waals surface area contributed by atoms with Crippen molar-refractivity contribution in [3.05, 3.63) is 18.2 Å². The van der Waals surface area contributed by atoms with Crippen LogP contribution in [-0.2, 0) is 0 Å². The van der Waals surface area contributed by atoms with Crippen molar-refractivity contribution < 1.29 is 4.74 Å². The third-order valence-electron chi connectivity index (χ3n) is 3.09. The summed E-state index contributed by atoms with van der Waals surface area (Å²) < 4.78 is 5.73. The lowest BCUT2D eigenvalue weighted by atomic mass is 10.0. The normalized spacial score (nSPS) is 13.1. The predicted molar refractivity (Wildman–Crippen MR) is 87.4 cm³/mol. The molecule has 4 heteroatoms. The minimum atomic E-state index is 0.121. The van der Waals surface area contributed by atoms with Gasteiger partial charge < -0.3 is 20.7 Å². The van der Waals surface area contributed by atoms with Crippen molar-refractivity contribution in [1.82, 2.24) is 4.90 Å². The van der Waals surface area contributed by atoms with Gasteiger partial charge in [0, 0.05) is 24.3 Å². The predicted octanol–water partition coefficient (Wildman–Crippen LogP) is 3.05. The molecule has 0 radical (unpaired) electrons. The summed E-state index contributed by atoms with van der Waals surface area (Å²) in [5, 5.41) is 3.57. The maximum atomic E-state index is 5.95. The summed E-state index contributed by atoms with van der Waals surface area (Å²) in [5.41, 5.74) is 7.68. The summed E-state index contributed by atoms with van der Waals surface area (Å²) in [7, 11) is 4.18. The molecule has 0 bridgehead atoms. The van der Waals surface area contributed by atoms with Crippen molar-refractivity contribution in [2.75, 3.05) is 31.7 Å². The summed E-state index contributed by atoms with van der Waals surface area (Å²) >= 11 is 0. The van der Waals surface area contributed by atoms with Crippen molar-refractivity contribution in [3.63, 3.8) is 0 Å². The minimum absolute atomic E-state index is 0.121. The van der Waals surface area contributed by atoms with Crippen LogP contribution in [0, 0.1) is 5.92 Å². The molecule has 0 aliphatic heterocycles. The van der Waals surface area contributed by atoms with Gasteiger partial charge in [-0.15, -0.1) is 0 Å². The minimum Gasteiger partial charge on any atom is -0.489 e. The Morgan fingerprint density at radius 2 is 1.85 bits per heavy atom. The molecule has 0 spiro atoms. The molecule has 3 N–H and O–H groups in total. The molecule has 0 heterocycles. The van der Waals surface area contributed by atoms with E-state index in [9.17, 15) is 0 Å². The second-order valence-corrected chi connectivity index (χ2v) is 6.18. The fourth-order valence-corrected chi connectivity index (χ4v) is 2.01. The molecule has 20 heavy (non-hydrogen) atoms. The molecule has 0 amide bonds. The summed E-state index contributed by atoms with van der Waals surface area (Å²) in [6.45, 7) is 9.45. The molecule has 1 unspecified atom stereocenters. The van der Waals surface area contributed by atoms with Crippen molar-refractivity contribution in [2.24, 2.45) is 5.92 Å². The van der Waals surface area contributed by atoms with Gasteiger partial charge in [0.15, 0.2) is 0 Å². The van der Waals surface area contributed by atoms with Crippen molar-refractivity contribution in [1.29, 1.82) is 0 Å². The maximum Gasteiger partial charge on any atom is 0.144 e. The van der Waals surface area contributed by atoms with Crippen LogP contribution in [0.4, 0.5) is 11.4 Å². The zero-order valence-corrected chi connectivity index (χ0v) is 13.6. The Bertz CT molecular complexity index is 416. The molecule has 114 valence electrons. The summed E-state index contributed by atoms with van der Waals surface area (Å²) in [5.74, 6) is 1.29. The van der Waals surface area contributed by atoms with Crippen LogP contribution >= 0.6 is 0 Å². The first-order chi connectivity index (χ1) is 9.29. The van der Waals surface area contributed by atoms with E-state index in [4.69, 9.17) is 10.5 Å². The molecule has 0 fully saturated rings. The highest BCUT2D eigenvalue weighted by Crippen LogP contribution is 2.27. The molecule has 1 atom stereocenters. The van der Waals surface area contributed by atoms with E-state index in [1.54, 1.807) is 0 Å². The van der Waals surface area contributed by atoms with E-state index in [0.717, 1.165) is 18.0 Å². The van der Waals surface area contributed by atoms with E-state index in [1.807, 2.05) is 32.0 Å². The van der Waals surface area contributed by atoms with Crippen molar-refractivity contribution in [2.45, 2.75) is 39.8 Å². The Hall–Kier alpha value is -1.42. The summed E-state index contributed by atoms with van der Waals surface area (Å²) in [6, 6.07) is 6.28. The first-order valence-electron chi connectivity index (χ1n) is 7.27. The first-order valence-corrected chi connectivity index (χ1v) is 7.27. The molecule has 1 rings (SSSR count). The fourth-order valence-electron chi connectivity index (χ4n) is 2.01. The van der Waals surface area contributed by atoms with Crippen LogP contribution < -0.4 is 15.8 Å². The Morgan fingerprint density at radius 3 is 2.35 bits per heavy atom. The molecule has 0 saturated carbocycles. The van der Waals surface area contributed by atoms with Crippen LogP contribution in [0.1, 0.15) is 27.7 Å². The number of nitrogens with one attached hydrogen (secondary N) is 1. The average Bonchev–Trinajstić information content (AvgIpc) is 2.31. The highest BCUT2D eigenvalue weighted by atomic mass is 16.5. The van der Waals surface area contributed by atoms with Gasteiger partial charge in [-0.2, -0.15) is 0 Å². The highest BCUT2D eigenvalue weighted by Gasteiger charge is 2.15. The van der Waals surface area contributed by atoms with Gasteiger partial charge in [-0.25, -0.2) is 0 Å². The van der Waals surface area contributed by atoms with Crippen LogP contribution in [0.5, 0.6) is 5.75 Å². The van der Waals surface area contributed by atoms with Crippen LogP contribution in [0.15, 0.2) is 18.2 Å². The third kappa shape index (κ3) is 5.29. The van der Waals surface area contributed by atoms with E-state index in [1.165, 1.54) is 0 Å². The molecular weight excluding hydrogens is 250 g/mol. The largest absolute Gasteiger partial charge is 0.489 e. The van der Waals surface area contributed by atoms with Gasteiger partial charge in [0.25, 0.3) is 0 Å². The number of nitrogens with zero attached hydrogens (tertiary/aromatic N) is 1. The average molecular weight is 279 g/mol. The number of hydrogen-bond acceptors (Lipinski definition) is 4. The monoisotopic (exact) mass is 279 g/mol. The van der Waals surface area contributed by atoms with E-state index in [-0.39, 0.29) is 6.10 Å². The maximum absolute atomic E-state index is 5.95. The van der Waals surface area contributed by atoms with E-state index >= 15 is 0 Å². The van der Waals surface area contributed by atoms with Gasteiger partial charge >= 0.3 is 0 Å². The SMILES string of the molecule is CC(C)Oc1cc(NC(CN(C)C)C(C)C)ccc1N. The molecule has 0 aliphatic rings. The standard InChI is InChI=1S/C16H29N3O/c1-11(2)15(10-19(5)6)18-13-7-8-14(17)16(9-13)20-12(3)4/h7-9,11-12,15,18H,10,17H2,1-6H3. The number of benzene rings is 1. The molecule has 1 aromatic rings. The Morgan fingerprint density at radius 1 is 1.20 bits per heavy atom. The lowest BCUT2D eigenvalue weighted by Crippen LogP contribution is -2.36. The quantitative estimate of drug-likeness (QED) is 0.753. The van der Waals surface area contributed by atoms with Crippen LogP contribution in [-0.4, -0.2) is 37.7 Å². The van der Waals surface area contributed by atoms with Gasteiger partial charge in [0.2, 0.25) is 0 Å². The van der Waals surface area contributed by atoms with Gasteiger partial charge in [0.05, 0.1) is 11.8 Å². The van der Waals surface area contributed by atoms with E-state index in [0.29, 0.717) is 17.6 Å². The van der Waals surface area contributed by atoms with Crippen molar-refractivity contribution >= 4 is 11.4 Å². The van der Waals surface area contributed by atoms with Crippen LogP contribution in [0.3, 0.4) is 0 Å². The number of nitrogens with two attached hydrogens (primary N) is 1. The zero-order chi connectivity index (χ0) is 15.3. The molecule has 1 aromatic carbocycles. The molecule has 0 saturated heterocycles. The van der Waals surface area contributed by atoms with Crippen LogP contribution in [0.2, 0.25) is 0 Å². The Labute approximate surface area is 123 Å². The number of anilines is 2. The van der Waals surface area contributed by atoms with Gasteiger partial charge in [0.1, 0.15) is 5.75 Å². The van der Waals surface area contributed by atoms with E-state index < -0.39 is 0 Å². The number of ether oxygens (including phenoxy) is 1. The van der Waals surface area contributed by atoms with Gasteiger partial charge in [-0.1, -0.05) is 13.8 Å². The fraction of sp³-hybridized carbons (Fsp3) is 0.625. The number of rotatable bonds is 7. The topological polar surface area (TPSA) is 50.5 Å². The first kappa shape index (κ1) is 16.6. The molecule has 0 aliphatic carbocycles. The second kappa shape index (κ2) is 7.39. The number of hydrogen-bond donors (Lipinski definition) is 2. The van der Waals surface area contributed by atoms with E-state index in [2.05, 4.69) is 38.2 Å². The molecule has 0 aromatic heterocycles. The second-order valence-electron chi connectivity index (χ2n) is 6.18. The zero-order valence-electron chi connectivity index (χ0n) is 13.6. The van der Waals surface area contributed by atoms with Crippen LogP contribution in [0.25, 0.3) is 0 Å². The van der Waals surface area contributed by atoms with Gasteiger partial charge in [-0.05, 0) is 46.0 Å². The Balaban J connectivity index is 2.84. The van der Waals surface area contributed by atoms with Gasteiger partial charge in [-0.3, -0.25) is 0 Å². The lowest BCUT2D eigenvalue weighted by Gasteiger charge is -2.27. The highest BCUT2D eigenvalue weighted by molar-refractivity contribution is 5.61. The summed E-state index contributed by atoms with van der Waals surface area (Å²) in [4.78, 5) is 2.19. The number of likely N-dealkylation sites (N-methyl/N-ethyl adjacent to an activating group) is 1. The third-order valence-corrected chi connectivity index (χ3v) is 3.09.